The van der Waals surface area contributed by atoms with E-state index >= 15 is 0 Å². The van der Waals surface area contributed by atoms with Crippen molar-refractivity contribution >= 4 is 26.8 Å². The Balaban J connectivity index is 2.61. The van der Waals surface area contributed by atoms with E-state index in [1.165, 1.54) is 24.3 Å². The van der Waals surface area contributed by atoms with Crippen LogP contribution < -0.4 is 4.18 Å². The summed E-state index contributed by atoms with van der Waals surface area (Å²) in [6, 6.07) is 7.85. The molecule has 0 amide bonds. The molecule has 0 saturated heterocycles. The lowest BCUT2D eigenvalue weighted by atomic mass is 10.1. The van der Waals surface area contributed by atoms with Crippen molar-refractivity contribution in [2.24, 2.45) is 0 Å². The van der Waals surface area contributed by atoms with E-state index in [4.69, 9.17) is 0 Å². The summed E-state index contributed by atoms with van der Waals surface area (Å²) in [5.41, 5.74) is -0.285. The van der Waals surface area contributed by atoms with Crippen molar-refractivity contribution < 1.29 is 21.9 Å². The van der Waals surface area contributed by atoms with Crippen molar-refractivity contribution in [2.45, 2.75) is 0 Å². The van der Waals surface area contributed by atoms with E-state index in [0.717, 1.165) is 6.07 Å². The smallest absolute Gasteiger partial charge is 0.329 e. The minimum atomic E-state index is -5.02. The van der Waals surface area contributed by atoms with Crippen LogP contribution in [0.25, 0.3) is 10.8 Å². The van der Waals surface area contributed by atoms with Gasteiger partial charge in [-0.15, -0.1) is 8.42 Å². The third-order valence-corrected chi connectivity index (χ3v) is 3.17. The van der Waals surface area contributed by atoms with E-state index in [1.807, 2.05) is 0 Å². The van der Waals surface area contributed by atoms with E-state index < -0.39 is 19.6 Å². The number of benzene rings is 2. The number of fused-ring (bicyclic) bond motifs is 1. The lowest BCUT2D eigenvalue weighted by Crippen LogP contribution is -2.18. The zero-order chi connectivity index (χ0) is 14.9. The lowest BCUT2D eigenvalue weighted by molar-refractivity contribution is -0.384. The average Bonchev–Trinajstić information content (AvgIpc) is 2.38. The molecule has 0 bridgehead atoms. The zero-order valence-electron chi connectivity index (χ0n) is 9.62. The first-order chi connectivity index (χ1) is 9.31. The molecule has 0 radical (unpaired) electrons. The highest BCUT2D eigenvalue weighted by Crippen LogP contribution is 2.30. The minimum absolute atomic E-state index is 0.0899. The van der Waals surface area contributed by atoms with Gasteiger partial charge in [-0.05, 0) is 17.5 Å². The second-order valence-corrected chi connectivity index (χ2v) is 4.97. The monoisotopic (exact) mass is 298 g/mol. The number of hydrogen-bond donors (Lipinski definition) is 0. The molecule has 2 aromatic rings. The first-order valence-corrected chi connectivity index (χ1v) is 6.44. The maximum absolute atomic E-state index is 11.1. The van der Waals surface area contributed by atoms with Gasteiger partial charge in [0.15, 0.2) is 10.1 Å². The Hall–Kier alpha value is -2.75. The highest BCUT2D eigenvalue weighted by Gasteiger charge is 2.28. The van der Waals surface area contributed by atoms with Crippen LogP contribution >= 0.6 is 0 Å². The fraction of sp³-hybridized carbons (Fsp3) is 0. The van der Waals surface area contributed by atoms with Gasteiger partial charge >= 0.3 is 10.3 Å². The summed E-state index contributed by atoms with van der Waals surface area (Å²) in [5, 5.41) is 21.5. The summed E-state index contributed by atoms with van der Waals surface area (Å²) < 4.78 is 25.0. The second kappa shape index (κ2) is 4.74. The standard InChI is InChI=1S/C10H6N2O7S/c13-11(14)8-5-4-7-2-1-3-10(9(7)6-8)19-20(17,18)12(15)16/h1-6H. The molecule has 104 valence electrons. The molecule has 20 heavy (non-hydrogen) atoms. The van der Waals surface area contributed by atoms with E-state index in [2.05, 4.69) is 4.18 Å². The molecule has 0 saturated carbocycles. The number of nitro benzene ring substituents is 1. The molecule has 0 aromatic heterocycles. The summed E-state index contributed by atoms with van der Waals surface area (Å²) >= 11 is 0. The molecule has 0 aliphatic rings. The molecule has 0 atom stereocenters. The molecule has 2 rings (SSSR count). The van der Waals surface area contributed by atoms with Gasteiger partial charge < -0.3 is 4.18 Å². The van der Waals surface area contributed by atoms with Gasteiger partial charge in [-0.1, -0.05) is 12.1 Å². The predicted molar refractivity (Wildman–Crippen MR) is 67.1 cm³/mol. The summed E-state index contributed by atoms with van der Waals surface area (Å²) in [6.07, 6.45) is 0. The molecule has 0 spiro atoms. The van der Waals surface area contributed by atoms with Gasteiger partial charge in [0.1, 0.15) is 0 Å². The van der Waals surface area contributed by atoms with Crippen LogP contribution in [-0.2, 0) is 10.3 Å². The van der Waals surface area contributed by atoms with Gasteiger partial charge in [0.25, 0.3) is 5.69 Å². The Morgan fingerprint density at radius 2 is 1.75 bits per heavy atom. The van der Waals surface area contributed by atoms with Gasteiger partial charge in [-0.25, -0.2) is 10.1 Å². The van der Waals surface area contributed by atoms with Gasteiger partial charge in [0, 0.05) is 17.5 Å². The zero-order valence-corrected chi connectivity index (χ0v) is 10.4. The molecule has 0 N–H and O–H groups in total. The van der Waals surface area contributed by atoms with Crippen LogP contribution in [0.5, 0.6) is 5.75 Å². The van der Waals surface area contributed by atoms with Crippen LogP contribution in [0.15, 0.2) is 36.4 Å². The fourth-order valence-corrected chi connectivity index (χ4v) is 2.00. The largest absolute Gasteiger partial charge is 0.617 e. The molecule has 0 fully saturated rings. The van der Waals surface area contributed by atoms with E-state index in [0.29, 0.717) is 5.39 Å². The Labute approximate surface area is 112 Å². The average molecular weight is 298 g/mol. The molecule has 0 aliphatic carbocycles. The maximum atomic E-state index is 11.1. The molecule has 0 aliphatic heterocycles. The van der Waals surface area contributed by atoms with Crippen molar-refractivity contribution in [3.8, 4) is 5.75 Å². The van der Waals surface area contributed by atoms with Crippen molar-refractivity contribution in [1.82, 2.24) is 0 Å². The highest BCUT2D eigenvalue weighted by molar-refractivity contribution is 7.80. The quantitative estimate of drug-likeness (QED) is 0.619. The first-order valence-electron chi connectivity index (χ1n) is 5.07. The highest BCUT2D eigenvalue weighted by atomic mass is 32.2. The van der Waals surface area contributed by atoms with Gasteiger partial charge in [0.05, 0.1) is 4.92 Å². The number of hydrogen-bond acceptors (Lipinski definition) is 7. The number of non-ortho nitro benzene ring substituents is 1. The van der Waals surface area contributed by atoms with Crippen LogP contribution in [0, 0.1) is 20.2 Å². The number of rotatable bonds is 4. The van der Waals surface area contributed by atoms with E-state index in [9.17, 15) is 28.6 Å². The second-order valence-electron chi connectivity index (χ2n) is 3.65. The summed E-state index contributed by atoms with van der Waals surface area (Å²) in [5.74, 6) is -0.345. The Morgan fingerprint density at radius 1 is 1.05 bits per heavy atom. The first kappa shape index (κ1) is 13.7. The van der Waals surface area contributed by atoms with E-state index in [-0.39, 0.29) is 16.8 Å². The fourth-order valence-electron chi connectivity index (χ4n) is 1.56. The van der Waals surface area contributed by atoms with Crippen LogP contribution in [0.1, 0.15) is 0 Å². The molecule has 10 heteroatoms. The van der Waals surface area contributed by atoms with Crippen LogP contribution in [0.3, 0.4) is 0 Å². The summed E-state index contributed by atoms with van der Waals surface area (Å²) in [7, 11) is -5.02. The van der Waals surface area contributed by atoms with Crippen molar-refractivity contribution in [3.63, 3.8) is 0 Å². The Kier molecular flexibility index (Phi) is 3.24. The molecular weight excluding hydrogens is 292 g/mol. The number of nitrogens with zero attached hydrogens (tertiary/aromatic N) is 2. The third-order valence-electron chi connectivity index (χ3n) is 2.41. The summed E-state index contributed by atoms with van der Waals surface area (Å²) in [4.78, 5) is 20.3. The van der Waals surface area contributed by atoms with Crippen LogP contribution in [-0.4, -0.2) is 17.7 Å². The maximum Gasteiger partial charge on any atom is 0.617 e. The van der Waals surface area contributed by atoms with Gasteiger partial charge in [0.2, 0.25) is 0 Å². The molecule has 2 aromatic carbocycles. The van der Waals surface area contributed by atoms with E-state index in [1.54, 1.807) is 6.07 Å². The minimum Gasteiger partial charge on any atom is -0.329 e. The van der Waals surface area contributed by atoms with Gasteiger partial charge in [-0.3, -0.25) is 10.1 Å². The lowest BCUT2D eigenvalue weighted by Gasteiger charge is -2.04. The molecule has 0 heterocycles. The number of nitro groups is 2. The SMILES string of the molecule is O=[N+]([O-])c1ccc2cccc(OS(=O)(=O)[N+](=O)[O-])c2c1. The third kappa shape index (κ3) is 2.49. The van der Waals surface area contributed by atoms with Crippen molar-refractivity contribution in [2.75, 3.05) is 0 Å². The summed E-state index contributed by atoms with van der Waals surface area (Å²) in [6.45, 7) is 0. The topological polar surface area (TPSA) is 130 Å². The Morgan fingerprint density at radius 3 is 2.35 bits per heavy atom. The predicted octanol–water partition coefficient (Wildman–Crippen LogP) is 1.65. The Bertz CT molecular complexity index is 815. The van der Waals surface area contributed by atoms with Crippen molar-refractivity contribution in [3.05, 3.63) is 56.6 Å². The van der Waals surface area contributed by atoms with Crippen LogP contribution in [0.2, 0.25) is 0 Å². The normalized spacial score (nSPS) is 11.2. The molecular formula is C10H6N2O7S. The molecule has 0 unspecified atom stereocenters. The van der Waals surface area contributed by atoms with Crippen LogP contribution in [0.4, 0.5) is 5.69 Å². The van der Waals surface area contributed by atoms with Crippen molar-refractivity contribution in [1.29, 1.82) is 0 Å². The van der Waals surface area contributed by atoms with Gasteiger partial charge in [-0.2, -0.15) is 0 Å². The molecule has 9 nitrogen and oxygen atoms in total.